The van der Waals surface area contributed by atoms with Crippen molar-refractivity contribution in [3.8, 4) is 0 Å². The molecule has 0 unspecified atom stereocenters. The highest BCUT2D eigenvalue weighted by Crippen LogP contribution is 2.25. The fourth-order valence-electron chi connectivity index (χ4n) is 3.31. The number of hydrogen-bond donors (Lipinski definition) is 1. The van der Waals surface area contributed by atoms with E-state index in [2.05, 4.69) is 9.97 Å². The van der Waals surface area contributed by atoms with Crippen LogP contribution in [0.1, 0.15) is 21.0 Å². The maximum atomic E-state index is 13.1. The lowest BCUT2D eigenvalue weighted by Crippen LogP contribution is -2.40. The first-order valence-electron chi connectivity index (χ1n) is 7.93. The molecule has 0 saturated heterocycles. The molecule has 4 heterocycles. The maximum Gasteiger partial charge on any atom is 0.407 e. The Labute approximate surface area is 147 Å². The standard InChI is InChI=1S/C17H16N4O3S/c1-10-19-7-11(25-10)8-21-15-13(3-2-5-18-15)12-4-6-20(17(23)24)9-14(12)16(21)22/h2-3,5,7H,4,6,8-9H2,1H3,(H,23,24). The zero-order chi connectivity index (χ0) is 17.6. The predicted molar refractivity (Wildman–Crippen MR) is 94.1 cm³/mol. The molecule has 8 heteroatoms. The summed E-state index contributed by atoms with van der Waals surface area (Å²) in [5.74, 6) is 0. The molecule has 128 valence electrons. The van der Waals surface area contributed by atoms with Gasteiger partial charge in [0.25, 0.3) is 5.56 Å². The highest BCUT2D eigenvalue weighted by molar-refractivity contribution is 7.11. The van der Waals surface area contributed by atoms with Gasteiger partial charge in [0.2, 0.25) is 0 Å². The molecular weight excluding hydrogens is 340 g/mol. The Balaban J connectivity index is 1.92. The van der Waals surface area contributed by atoms with E-state index in [0.29, 0.717) is 30.7 Å². The Morgan fingerprint density at radius 1 is 1.36 bits per heavy atom. The van der Waals surface area contributed by atoms with E-state index in [9.17, 15) is 14.7 Å². The fraction of sp³-hybridized carbons (Fsp3) is 0.294. The van der Waals surface area contributed by atoms with Gasteiger partial charge in [0.1, 0.15) is 5.65 Å². The largest absolute Gasteiger partial charge is 0.465 e. The first-order chi connectivity index (χ1) is 12.0. The molecule has 0 radical (unpaired) electrons. The molecular formula is C17H16N4O3S. The molecule has 1 aliphatic rings. The van der Waals surface area contributed by atoms with Gasteiger partial charge in [-0.2, -0.15) is 0 Å². The van der Waals surface area contributed by atoms with Crippen LogP contribution in [-0.4, -0.2) is 37.2 Å². The smallest absolute Gasteiger partial charge is 0.407 e. The van der Waals surface area contributed by atoms with E-state index in [4.69, 9.17) is 0 Å². The number of amides is 1. The third-order valence-corrected chi connectivity index (χ3v) is 5.37. The third kappa shape index (κ3) is 2.68. The zero-order valence-corrected chi connectivity index (χ0v) is 14.4. The van der Waals surface area contributed by atoms with Gasteiger partial charge in [-0.1, -0.05) is 0 Å². The number of rotatable bonds is 2. The SMILES string of the molecule is Cc1ncc(Cn2c(=O)c3c(c4cccnc42)CCN(C(=O)O)C3)s1. The van der Waals surface area contributed by atoms with Crippen molar-refractivity contribution < 1.29 is 9.90 Å². The molecule has 0 saturated carbocycles. The summed E-state index contributed by atoms with van der Waals surface area (Å²) in [6, 6.07) is 3.79. The van der Waals surface area contributed by atoms with Crippen LogP contribution < -0.4 is 5.56 Å². The van der Waals surface area contributed by atoms with Crippen LogP contribution in [0.15, 0.2) is 29.3 Å². The van der Waals surface area contributed by atoms with Crippen LogP contribution in [0.3, 0.4) is 0 Å². The summed E-state index contributed by atoms with van der Waals surface area (Å²) in [6.45, 7) is 2.82. The molecule has 0 fully saturated rings. The predicted octanol–water partition coefficient (Wildman–Crippen LogP) is 2.25. The number of aromatic nitrogens is 3. The lowest BCUT2D eigenvalue weighted by Gasteiger charge is -2.27. The number of nitrogens with zero attached hydrogens (tertiary/aromatic N) is 4. The van der Waals surface area contributed by atoms with Crippen LogP contribution in [0.25, 0.3) is 11.0 Å². The first kappa shape index (κ1) is 15.8. The van der Waals surface area contributed by atoms with Crippen molar-refractivity contribution in [2.75, 3.05) is 6.54 Å². The number of thiazole rings is 1. The van der Waals surface area contributed by atoms with Gasteiger partial charge in [0, 0.05) is 34.8 Å². The molecule has 0 atom stereocenters. The highest BCUT2D eigenvalue weighted by Gasteiger charge is 2.26. The maximum absolute atomic E-state index is 13.1. The number of carboxylic acid groups (broad SMARTS) is 1. The molecule has 7 nitrogen and oxygen atoms in total. The second kappa shape index (κ2) is 5.96. The van der Waals surface area contributed by atoms with Crippen molar-refractivity contribution in [1.82, 2.24) is 19.4 Å². The summed E-state index contributed by atoms with van der Waals surface area (Å²) in [7, 11) is 0. The van der Waals surface area contributed by atoms with Crippen LogP contribution in [-0.2, 0) is 19.5 Å². The summed E-state index contributed by atoms with van der Waals surface area (Å²) < 4.78 is 1.63. The molecule has 25 heavy (non-hydrogen) atoms. The minimum Gasteiger partial charge on any atom is -0.465 e. The minimum absolute atomic E-state index is 0.121. The van der Waals surface area contributed by atoms with Crippen LogP contribution in [0, 0.1) is 6.92 Å². The van der Waals surface area contributed by atoms with Crippen molar-refractivity contribution in [3.05, 3.63) is 55.9 Å². The molecule has 3 aromatic rings. The summed E-state index contributed by atoms with van der Waals surface area (Å²) in [5.41, 5.74) is 1.94. The highest BCUT2D eigenvalue weighted by atomic mass is 32.1. The molecule has 0 bridgehead atoms. The van der Waals surface area contributed by atoms with E-state index in [-0.39, 0.29) is 12.1 Å². The van der Waals surface area contributed by atoms with E-state index in [1.54, 1.807) is 17.0 Å². The van der Waals surface area contributed by atoms with Gasteiger partial charge in [-0.3, -0.25) is 9.36 Å². The second-order valence-corrected chi connectivity index (χ2v) is 7.34. The molecule has 0 aromatic carbocycles. The van der Waals surface area contributed by atoms with Gasteiger partial charge >= 0.3 is 6.09 Å². The van der Waals surface area contributed by atoms with E-state index >= 15 is 0 Å². The van der Waals surface area contributed by atoms with E-state index in [1.807, 2.05) is 19.1 Å². The quantitative estimate of drug-likeness (QED) is 0.761. The fourth-order valence-corrected chi connectivity index (χ4v) is 4.09. The summed E-state index contributed by atoms with van der Waals surface area (Å²) >= 11 is 1.54. The van der Waals surface area contributed by atoms with E-state index < -0.39 is 6.09 Å². The number of aryl methyl sites for hydroxylation is 1. The first-order valence-corrected chi connectivity index (χ1v) is 8.74. The molecule has 3 aromatic heterocycles. The van der Waals surface area contributed by atoms with Gasteiger partial charge in [0.05, 0.1) is 18.1 Å². The second-order valence-electron chi connectivity index (χ2n) is 6.02. The number of pyridine rings is 2. The zero-order valence-electron chi connectivity index (χ0n) is 13.6. The van der Waals surface area contributed by atoms with Gasteiger partial charge in [-0.15, -0.1) is 11.3 Å². The van der Waals surface area contributed by atoms with Crippen molar-refractivity contribution in [2.45, 2.75) is 26.4 Å². The summed E-state index contributed by atoms with van der Waals surface area (Å²) in [4.78, 5) is 35.3. The molecule has 0 spiro atoms. The van der Waals surface area contributed by atoms with Gasteiger partial charge in [0.15, 0.2) is 0 Å². The van der Waals surface area contributed by atoms with Crippen molar-refractivity contribution in [3.63, 3.8) is 0 Å². The Hall–Kier alpha value is -2.74. The van der Waals surface area contributed by atoms with E-state index in [1.165, 1.54) is 16.2 Å². The third-order valence-electron chi connectivity index (χ3n) is 4.47. The summed E-state index contributed by atoms with van der Waals surface area (Å²) in [6.07, 6.45) is 2.97. The minimum atomic E-state index is -0.999. The Bertz CT molecular complexity index is 1040. The van der Waals surface area contributed by atoms with Crippen LogP contribution in [0.5, 0.6) is 0 Å². The topological polar surface area (TPSA) is 88.3 Å². The van der Waals surface area contributed by atoms with Gasteiger partial charge < -0.3 is 10.0 Å². The van der Waals surface area contributed by atoms with Gasteiger partial charge in [-0.05, 0) is 31.0 Å². The molecule has 4 rings (SSSR count). The normalized spacial score (nSPS) is 13.9. The van der Waals surface area contributed by atoms with Crippen LogP contribution in [0.2, 0.25) is 0 Å². The number of fused-ring (bicyclic) bond motifs is 3. The van der Waals surface area contributed by atoms with Crippen molar-refractivity contribution in [1.29, 1.82) is 0 Å². The molecule has 0 aliphatic carbocycles. The Kier molecular flexibility index (Phi) is 3.76. The van der Waals surface area contributed by atoms with Crippen molar-refractivity contribution >= 4 is 28.5 Å². The lowest BCUT2D eigenvalue weighted by atomic mass is 9.98. The van der Waals surface area contributed by atoms with Crippen LogP contribution >= 0.6 is 11.3 Å². The van der Waals surface area contributed by atoms with Crippen LogP contribution in [0.4, 0.5) is 4.79 Å². The Morgan fingerprint density at radius 2 is 2.20 bits per heavy atom. The lowest BCUT2D eigenvalue weighted by molar-refractivity contribution is 0.139. The Morgan fingerprint density at radius 3 is 2.92 bits per heavy atom. The molecule has 1 aliphatic heterocycles. The number of hydrogen-bond acceptors (Lipinski definition) is 5. The van der Waals surface area contributed by atoms with Crippen molar-refractivity contribution in [2.24, 2.45) is 0 Å². The average Bonchev–Trinajstić information content (AvgIpc) is 3.03. The van der Waals surface area contributed by atoms with Gasteiger partial charge in [-0.25, -0.2) is 14.8 Å². The number of carbonyl (C=O) groups is 1. The molecule has 1 N–H and O–H groups in total. The monoisotopic (exact) mass is 356 g/mol. The van der Waals surface area contributed by atoms with E-state index in [0.717, 1.165) is 20.8 Å². The summed E-state index contributed by atoms with van der Waals surface area (Å²) in [5, 5.41) is 11.1. The molecule has 1 amide bonds. The average molecular weight is 356 g/mol.